The molecule has 2 aliphatic rings. The molecule has 3 atom stereocenters. The second-order valence-electron chi connectivity index (χ2n) is 6.13. The van der Waals surface area contributed by atoms with E-state index in [2.05, 4.69) is 28.8 Å². The Kier molecular flexibility index (Phi) is 4.46. The van der Waals surface area contributed by atoms with Crippen molar-refractivity contribution in [3.8, 4) is 5.75 Å². The third-order valence-corrected chi connectivity index (χ3v) is 4.86. The standard InChI is InChI=1S/C17H26N2O/c1-20-14-7-4-6-13(12-14)19-17-10-5-8-15(17)16-9-2-3-11-18-16/h4,6-7,12,15-19H,2-3,5,8-11H2,1H3. The largest absolute Gasteiger partial charge is 0.497 e. The molecule has 3 unspecified atom stereocenters. The zero-order chi connectivity index (χ0) is 13.8. The number of hydrogen-bond acceptors (Lipinski definition) is 3. The van der Waals surface area contributed by atoms with Gasteiger partial charge in [0, 0.05) is 23.8 Å². The van der Waals surface area contributed by atoms with Gasteiger partial charge in [-0.05, 0) is 50.3 Å². The van der Waals surface area contributed by atoms with E-state index in [1.54, 1.807) is 7.11 Å². The average Bonchev–Trinajstić information content (AvgIpc) is 2.96. The molecule has 3 rings (SSSR count). The number of methoxy groups -OCH3 is 1. The first-order valence-electron chi connectivity index (χ1n) is 8.01. The molecule has 1 aliphatic heterocycles. The fraction of sp³-hybridized carbons (Fsp3) is 0.647. The molecule has 1 aromatic carbocycles. The number of rotatable bonds is 4. The number of ether oxygens (including phenoxy) is 1. The Morgan fingerprint density at radius 2 is 2.10 bits per heavy atom. The summed E-state index contributed by atoms with van der Waals surface area (Å²) in [5.41, 5.74) is 1.19. The van der Waals surface area contributed by atoms with E-state index in [0.29, 0.717) is 12.1 Å². The molecule has 3 nitrogen and oxygen atoms in total. The van der Waals surface area contributed by atoms with Crippen molar-refractivity contribution in [1.82, 2.24) is 5.32 Å². The number of anilines is 1. The summed E-state index contributed by atoms with van der Waals surface area (Å²) in [4.78, 5) is 0. The first-order valence-corrected chi connectivity index (χ1v) is 8.01. The third-order valence-electron chi connectivity index (χ3n) is 4.86. The lowest BCUT2D eigenvalue weighted by Crippen LogP contribution is -2.44. The van der Waals surface area contributed by atoms with Crippen LogP contribution in [0.3, 0.4) is 0 Å². The molecule has 2 N–H and O–H groups in total. The number of hydrogen-bond donors (Lipinski definition) is 2. The van der Waals surface area contributed by atoms with Gasteiger partial charge in [0.25, 0.3) is 0 Å². The molecule has 3 heteroatoms. The zero-order valence-electron chi connectivity index (χ0n) is 12.4. The Morgan fingerprint density at radius 3 is 2.90 bits per heavy atom. The normalized spacial score (nSPS) is 30.1. The Morgan fingerprint density at radius 1 is 1.15 bits per heavy atom. The molecule has 1 saturated carbocycles. The highest BCUT2D eigenvalue weighted by molar-refractivity contribution is 5.49. The molecule has 1 aromatic rings. The van der Waals surface area contributed by atoms with E-state index in [4.69, 9.17) is 4.74 Å². The first-order chi connectivity index (χ1) is 9.86. The van der Waals surface area contributed by atoms with E-state index in [-0.39, 0.29) is 0 Å². The van der Waals surface area contributed by atoms with Gasteiger partial charge in [-0.1, -0.05) is 18.9 Å². The minimum absolute atomic E-state index is 0.609. The predicted octanol–water partition coefficient (Wildman–Crippen LogP) is 3.42. The van der Waals surface area contributed by atoms with Crippen LogP contribution in [0.15, 0.2) is 24.3 Å². The van der Waals surface area contributed by atoms with E-state index < -0.39 is 0 Å². The fourth-order valence-corrected chi connectivity index (χ4v) is 3.82. The van der Waals surface area contributed by atoms with Crippen molar-refractivity contribution >= 4 is 5.69 Å². The molecule has 0 spiro atoms. The molecule has 20 heavy (non-hydrogen) atoms. The van der Waals surface area contributed by atoms with Gasteiger partial charge in [0.2, 0.25) is 0 Å². The second kappa shape index (κ2) is 6.49. The van der Waals surface area contributed by atoms with Crippen molar-refractivity contribution in [2.45, 2.75) is 50.6 Å². The van der Waals surface area contributed by atoms with E-state index in [1.807, 2.05) is 6.07 Å². The van der Waals surface area contributed by atoms with Gasteiger partial charge in [-0.25, -0.2) is 0 Å². The molecule has 1 saturated heterocycles. The minimum atomic E-state index is 0.609. The number of nitrogens with one attached hydrogen (secondary N) is 2. The van der Waals surface area contributed by atoms with Crippen LogP contribution in [0.25, 0.3) is 0 Å². The van der Waals surface area contributed by atoms with Crippen LogP contribution in [-0.4, -0.2) is 25.7 Å². The smallest absolute Gasteiger partial charge is 0.120 e. The molecular formula is C17H26N2O. The van der Waals surface area contributed by atoms with E-state index in [0.717, 1.165) is 11.7 Å². The van der Waals surface area contributed by atoms with Crippen LogP contribution in [0.1, 0.15) is 38.5 Å². The molecule has 0 amide bonds. The lowest BCUT2D eigenvalue weighted by Gasteiger charge is -2.33. The van der Waals surface area contributed by atoms with Gasteiger partial charge in [-0.3, -0.25) is 0 Å². The maximum absolute atomic E-state index is 5.31. The Labute approximate surface area is 122 Å². The van der Waals surface area contributed by atoms with Gasteiger partial charge in [0.15, 0.2) is 0 Å². The second-order valence-corrected chi connectivity index (χ2v) is 6.13. The Hall–Kier alpha value is -1.22. The van der Waals surface area contributed by atoms with Gasteiger partial charge in [-0.2, -0.15) is 0 Å². The summed E-state index contributed by atoms with van der Waals surface area (Å²) < 4.78 is 5.31. The summed E-state index contributed by atoms with van der Waals surface area (Å²) in [7, 11) is 1.73. The molecular weight excluding hydrogens is 248 g/mol. The molecule has 2 fully saturated rings. The Balaban J connectivity index is 1.65. The van der Waals surface area contributed by atoms with Crippen molar-refractivity contribution in [2.24, 2.45) is 5.92 Å². The molecule has 0 radical (unpaired) electrons. The molecule has 1 heterocycles. The lowest BCUT2D eigenvalue weighted by atomic mass is 9.88. The Bertz CT molecular complexity index is 429. The van der Waals surface area contributed by atoms with Crippen LogP contribution in [0.4, 0.5) is 5.69 Å². The van der Waals surface area contributed by atoms with Crippen molar-refractivity contribution in [1.29, 1.82) is 0 Å². The maximum Gasteiger partial charge on any atom is 0.120 e. The van der Waals surface area contributed by atoms with Gasteiger partial charge in [0.1, 0.15) is 5.75 Å². The van der Waals surface area contributed by atoms with Crippen LogP contribution in [0.5, 0.6) is 5.75 Å². The molecule has 110 valence electrons. The fourth-order valence-electron chi connectivity index (χ4n) is 3.82. The third kappa shape index (κ3) is 3.09. The summed E-state index contributed by atoms with van der Waals surface area (Å²) in [6, 6.07) is 9.63. The van der Waals surface area contributed by atoms with Gasteiger partial charge < -0.3 is 15.4 Å². The van der Waals surface area contributed by atoms with Gasteiger partial charge in [0.05, 0.1) is 7.11 Å². The minimum Gasteiger partial charge on any atom is -0.497 e. The zero-order valence-corrected chi connectivity index (χ0v) is 12.4. The predicted molar refractivity (Wildman–Crippen MR) is 83.4 cm³/mol. The highest BCUT2D eigenvalue weighted by atomic mass is 16.5. The van der Waals surface area contributed by atoms with Crippen molar-refractivity contribution in [2.75, 3.05) is 19.0 Å². The van der Waals surface area contributed by atoms with Crippen LogP contribution in [0, 0.1) is 5.92 Å². The summed E-state index contributed by atoms with van der Waals surface area (Å²) >= 11 is 0. The summed E-state index contributed by atoms with van der Waals surface area (Å²) in [5, 5.41) is 7.48. The molecule has 1 aliphatic carbocycles. The van der Waals surface area contributed by atoms with E-state index >= 15 is 0 Å². The van der Waals surface area contributed by atoms with Crippen LogP contribution < -0.4 is 15.4 Å². The van der Waals surface area contributed by atoms with Crippen molar-refractivity contribution < 1.29 is 4.74 Å². The SMILES string of the molecule is COc1cccc(NC2CCCC2C2CCCCN2)c1. The number of benzene rings is 1. The van der Waals surface area contributed by atoms with Crippen LogP contribution in [0.2, 0.25) is 0 Å². The highest BCUT2D eigenvalue weighted by Gasteiger charge is 2.34. The summed E-state index contributed by atoms with van der Waals surface area (Å²) in [5.74, 6) is 1.71. The van der Waals surface area contributed by atoms with Crippen molar-refractivity contribution in [3.63, 3.8) is 0 Å². The van der Waals surface area contributed by atoms with Crippen LogP contribution in [-0.2, 0) is 0 Å². The van der Waals surface area contributed by atoms with Gasteiger partial charge in [-0.15, -0.1) is 0 Å². The maximum atomic E-state index is 5.31. The van der Waals surface area contributed by atoms with Crippen LogP contribution >= 0.6 is 0 Å². The summed E-state index contributed by atoms with van der Waals surface area (Å²) in [6.45, 7) is 1.20. The number of piperidine rings is 1. The highest BCUT2D eigenvalue weighted by Crippen LogP contribution is 2.34. The lowest BCUT2D eigenvalue weighted by molar-refractivity contribution is 0.286. The van der Waals surface area contributed by atoms with Gasteiger partial charge >= 0.3 is 0 Å². The van der Waals surface area contributed by atoms with E-state index in [9.17, 15) is 0 Å². The monoisotopic (exact) mass is 274 g/mol. The summed E-state index contributed by atoms with van der Waals surface area (Å²) in [6.07, 6.45) is 8.09. The average molecular weight is 274 g/mol. The van der Waals surface area contributed by atoms with E-state index in [1.165, 1.54) is 50.8 Å². The molecule has 0 bridgehead atoms. The quantitative estimate of drug-likeness (QED) is 0.882. The first kappa shape index (κ1) is 13.7. The molecule has 0 aromatic heterocycles. The topological polar surface area (TPSA) is 33.3 Å². The van der Waals surface area contributed by atoms with Crippen molar-refractivity contribution in [3.05, 3.63) is 24.3 Å².